The molecule has 0 amide bonds. The molecular weight excluding hydrogens is 272 g/mol. The number of aryl methyl sites for hydroxylation is 1. The Labute approximate surface area is 120 Å². The van der Waals surface area contributed by atoms with E-state index in [0.29, 0.717) is 16.6 Å². The smallest absolute Gasteiger partial charge is 0.325 e. The lowest BCUT2D eigenvalue weighted by atomic mass is 10.1. The molecule has 0 atom stereocenters. The summed E-state index contributed by atoms with van der Waals surface area (Å²) in [5, 5.41) is 9.79. The molecule has 0 fully saturated rings. The van der Waals surface area contributed by atoms with Gasteiger partial charge in [0.25, 0.3) is 5.56 Å². The van der Waals surface area contributed by atoms with Crippen LogP contribution in [0.5, 0.6) is 0 Å². The zero-order valence-corrected chi connectivity index (χ0v) is 11.6. The van der Waals surface area contributed by atoms with E-state index < -0.39 is 5.97 Å². The van der Waals surface area contributed by atoms with E-state index in [1.807, 2.05) is 4.57 Å². The van der Waals surface area contributed by atoms with Gasteiger partial charge >= 0.3 is 5.97 Å². The molecule has 1 aliphatic rings. The lowest BCUT2D eigenvalue weighted by molar-refractivity contribution is -0.141. The first-order valence-electron chi connectivity index (χ1n) is 6.74. The number of nitrogens with zero attached hydrogens (tertiary/aromatic N) is 4. The van der Waals surface area contributed by atoms with Crippen LogP contribution in [0.25, 0.3) is 10.9 Å². The molecule has 2 aromatic rings. The van der Waals surface area contributed by atoms with Crippen molar-refractivity contribution < 1.29 is 9.53 Å². The van der Waals surface area contributed by atoms with E-state index in [4.69, 9.17) is 0 Å². The molecule has 3 heterocycles. The summed E-state index contributed by atoms with van der Waals surface area (Å²) >= 11 is 0. The molecule has 0 saturated heterocycles. The highest BCUT2D eigenvalue weighted by Crippen LogP contribution is 2.26. The molecule has 108 valence electrons. The van der Waals surface area contributed by atoms with Crippen LogP contribution in [0.1, 0.15) is 24.2 Å². The van der Waals surface area contributed by atoms with Crippen LogP contribution in [0.15, 0.2) is 11.1 Å². The van der Waals surface area contributed by atoms with Crippen LogP contribution in [-0.4, -0.2) is 27.2 Å². The molecule has 7 heteroatoms. The summed E-state index contributed by atoms with van der Waals surface area (Å²) in [5.41, 5.74) is 1.42. The van der Waals surface area contributed by atoms with E-state index in [0.717, 1.165) is 31.5 Å². The fourth-order valence-corrected chi connectivity index (χ4v) is 2.83. The van der Waals surface area contributed by atoms with Gasteiger partial charge in [-0.1, -0.05) is 0 Å². The van der Waals surface area contributed by atoms with Gasteiger partial charge in [-0.3, -0.25) is 14.2 Å². The van der Waals surface area contributed by atoms with E-state index in [1.165, 1.54) is 18.0 Å². The fourth-order valence-electron chi connectivity index (χ4n) is 2.83. The molecular formula is C14H14N4O3. The molecule has 0 unspecified atom stereocenters. The Hall–Kier alpha value is -2.62. The van der Waals surface area contributed by atoms with Crippen molar-refractivity contribution in [2.75, 3.05) is 7.11 Å². The lowest BCUT2D eigenvalue weighted by Crippen LogP contribution is -2.25. The standard InChI is InChI=1S/C14H14N4O3/c1-21-11(19)7-17-8-16-13-10(6-15)18-5-3-2-4-9(18)12(13)14(17)20/h8H,2-5,7H2,1H3. The summed E-state index contributed by atoms with van der Waals surface area (Å²) in [4.78, 5) is 28.1. The number of hydrogen-bond acceptors (Lipinski definition) is 5. The summed E-state index contributed by atoms with van der Waals surface area (Å²) < 4.78 is 7.68. The minimum Gasteiger partial charge on any atom is -0.468 e. The minimum absolute atomic E-state index is 0.176. The quantitative estimate of drug-likeness (QED) is 0.753. The van der Waals surface area contributed by atoms with Gasteiger partial charge in [-0.2, -0.15) is 5.26 Å². The van der Waals surface area contributed by atoms with Gasteiger partial charge in [0, 0.05) is 12.2 Å². The van der Waals surface area contributed by atoms with Crippen LogP contribution in [0, 0.1) is 11.3 Å². The van der Waals surface area contributed by atoms with Crippen LogP contribution in [-0.2, 0) is 29.0 Å². The largest absolute Gasteiger partial charge is 0.468 e. The molecule has 0 bridgehead atoms. The van der Waals surface area contributed by atoms with Gasteiger partial charge in [0.05, 0.1) is 18.8 Å². The van der Waals surface area contributed by atoms with Gasteiger partial charge in [0.15, 0.2) is 0 Å². The Morgan fingerprint density at radius 3 is 3.05 bits per heavy atom. The van der Waals surface area contributed by atoms with Gasteiger partial charge in [-0.15, -0.1) is 0 Å². The molecule has 0 aromatic carbocycles. The van der Waals surface area contributed by atoms with Gasteiger partial charge in [0.2, 0.25) is 0 Å². The summed E-state index contributed by atoms with van der Waals surface area (Å²) in [5.74, 6) is -0.508. The Balaban J connectivity index is 2.26. The van der Waals surface area contributed by atoms with Crippen LogP contribution >= 0.6 is 0 Å². The summed E-state index contributed by atoms with van der Waals surface area (Å²) in [6.07, 6.45) is 4.01. The van der Waals surface area contributed by atoms with Crippen molar-refractivity contribution in [1.82, 2.24) is 14.1 Å². The third kappa shape index (κ3) is 2.00. The maximum Gasteiger partial charge on any atom is 0.325 e. The van der Waals surface area contributed by atoms with Crippen LogP contribution in [0.2, 0.25) is 0 Å². The zero-order valence-electron chi connectivity index (χ0n) is 11.6. The van der Waals surface area contributed by atoms with Crippen molar-refractivity contribution in [3.8, 4) is 6.07 Å². The molecule has 2 aromatic heterocycles. The third-order valence-corrected chi connectivity index (χ3v) is 3.82. The Kier molecular flexibility index (Phi) is 3.22. The van der Waals surface area contributed by atoms with Crippen molar-refractivity contribution >= 4 is 16.9 Å². The maximum atomic E-state index is 12.6. The Morgan fingerprint density at radius 1 is 1.52 bits per heavy atom. The molecule has 7 nitrogen and oxygen atoms in total. The number of aromatic nitrogens is 3. The SMILES string of the molecule is COC(=O)Cn1cnc2c(C#N)n3c(c2c1=O)CCCC3. The van der Waals surface area contributed by atoms with E-state index >= 15 is 0 Å². The topological polar surface area (TPSA) is 89.9 Å². The molecule has 0 radical (unpaired) electrons. The van der Waals surface area contributed by atoms with Gasteiger partial charge in [0.1, 0.15) is 23.8 Å². The minimum atomic E-state index is -0.508. The number of ether oxygens (including phenoxy) is 1. The van der Waals surface area contributed by atoms with E-state index in [1.54, 1.807) is 0 Å². The maximum absolute atomic E-state index is 12.6. The van der Waals surface area contributed by atoms with Gasteiger partial charge in [-0.25, -0.2) is 4.98 Å². The van der Waals surface area contributed by atoms with Crippen molar-refractivity contribution in [2.45, 2.75) is 32.4 Å². The molecule has 0 N–H and O–H groups in total. The Bertz CT molecular complexity index is 825. The second-order valence-corrected chi connectivity index (χ2v) is 4.99. The first kappa shape index (κ1) is 13.4. The highest BCUT2D eigenvalue weighted by molar-refractivity contribution is 5.86. The number of hydrogen-bond donors (Lipinski definition) is 0. The second-order valence-electron chi connectivity index (χ2n) is 4.99. The monoisotopic (exact) mass is 286 g/mol. The van der Waals surface area contributed by atoms with E-state index in [-0.39, 0.29) is 12.1 Å². The number of nitriles is 1. The third-order valence-electron chi connectivity index (χ3n) is 3.82. The summed E-state index contributed by atoms with van der Waals surface area (Å²) in [6.45, 7) is 0.551. The van der Waals surface area contributed by atoms with Crippen molar-refractivity contribution in [1.29, 1.82) is 5.26 Å². The molecule has 3 rings (SSSR count). The fraction of sp³-hybridized carbons (Fsp3) is 0.429. The lowest BCUT2D eigenvalue weighted by Gasteiger charge is -2.15. The van der Waals surface area contributed by atoms with Crippen molar-refractivity contribution in [3.05, 3.63) is 28.1 Å². The first-order chi connectivity index (χ1) is 10.2. The van der Waals surface area contributed by atoms with Crippen molar-refractivity contribution in [2.24, 2.45) is 0 Å². The molecule has 0 aliphatic carbocycles. The number of esters is 1. The normalized spacial score (nSPS) is 13.7. The number of methoxy groups -OCH3 is 1. The number of fused-ring (bicyclic) bond motifs is 3. The number of carbonyl (C=O) groups is 1. The molecule has 21 heavy (non-hydrogen) atoms. The summed E-state index contributed by atoms with van der Waals surface area (Å²) in [6, 6.07) is 2.14. The van der Waals surface area contributed by atoms with E-state index in [2.05, 4.69) is 15.8 Å². The van der Waals surface area contributed by atoms with Gasteiger partial charge in [-0.05, 0) is 19.3 Å². The summed E-state index contributed by atoms with van der Waals surface area (Å²) in [7, 11) is 1.27. The average Bonchev–Trinajstić information content (AvgIpc) is 2.84. The Morgan fingerprint density at radius 2 is 2.33 bits per heavy atom. The number of carbonyl (C=O) groups excluding carboxylic acids is 1. The second kappa shape index (κ2) is 5.05. The predicted molar refractivity (Wildman–Crippen MR) is 73.7 cm³/mol. The highest BCUT2D eigenvalue weighted by Gasteiger charge is 2.23. The van der Waals surface area contributed by atoms with Crippen LogP contribution in [0.3, 0.4) is 0 Å². The van der Waals surface area contributed by atoms with Crippen molar-refractivity contribution in [3.63, 3.8) is 0 Å². The predicted octanol–water partition coefficient (Wildman–Crippen LogP) is 0.579. The highest BCUT2D eigenvalue weighted by atomic mass is 16.5. The van der Waals surface area contributed by atoms with Crippen LogP contribution in [0.4, 0.5) is 0 Å². The first-order valence-corrected chi connectivity index (χ1v) is 6.74. The molecule has 0 spiro atoms. The van der Waals surface area contributed by atoms with Crippen LogP contribution < -0.4 is 5.56 Å². The average molecular weight is 286 g/mol. The number of rotatable bonds is 2. The molecule has 1 aliphatic heterocycles. The zero-order chi connectivity index (χ0) is 15.0. The molecule has 0 saturated carbocycles. The van der Waals surface area contributed by atoms with Gasteiger partial charge < -0.3 is 9.30 Å². The van der Waals surface area contributed by atoms with E-state index in [9.17, 15) is 14.9 Å².